The van der Waals surface area contributed by atoms with E-state index in [-0.39, 0.29) is 0 Å². The highest BCUT2D eigenvalue weighted by Gasteiger charge is 1.98. The van der Waals surface area contributed by atoms with Crippen molar-refractivity contribution in [3.05, 3.63) is 0 Å². The number of nitrogens with one attached hydrogen (secondary N) is 1. The average molecular weight is 220 g/mol. The molecule has 0 aromatic rings. The Morgan fingerprint density at radius 2 is 1.64 bits per heavy atom. The van der Waals surface area contributed by atoms with Gasteiger partial charge in [-0.1, -0.05) is 46.0 Å². The monoisotopic (exact) mass is 219 g/mol. The molecule has 0 rings (SSSR count). The molecule has 2 heteroatoms. The van der Waals surface area contributed by atoms with Gasteiger partial charge >= 0.3 is 0 Å². The molecule has 1 nitrogen and oxygen atoms in total. The number of unbranched alkanes of at least 4 members (excludes halogenated alkanes) is 5. The standard InChI is InChI=1S/C12H26ClN/c1-3-5-6-7-8-9-10-14-11-12(13)4-2/h12,14H,3-11H2,1-2H3. The number of rotatable bonds is 10. The lowest BCUT2D eigenvalue weighted by Crippen LogP contribution is -2.23. The third-order valence-electron chi connectivity index (χ3n) is 2.52. The van der Waals surface area contributed by atoms with Crippen molar-refractivity contribution in [2.75, 3.05) is 13.1 Å². The number of alkyl halides is 1. The van der Waals surface area contributed by atoms with Crippen molar-refractivity contribution in [2.24, 2.45) is 0 Å². The van der Waals surface area contributed by atoms with Crippen LogP contribution in [0.2, 0.25) is 0 Å². The van der Waals surface area contributed by atoms with Crippen molar-refractivity contribution in [1.29, 1.82) is 0 Å². The molecule has 0 aliphatic rings. The van der Waals surface area contributed by atoms with Crippen molar-refractivity contribution < 1.29 is 0 Å². The molecule has 0 aliphatic carbocycles. The Hall–Kier alpha value is 0.250. The molecule has 0 saturated carbocycles. The van der Waals surface area contributed by atoms with Crippen LogP contribution in [0, 0.1) is 0 Å². The van der Waals surface area contributed by atoms with Gasteiger partial charge < -0.3 is 5.32 Å². The molecule has 1 atom stereocenters. The van der Waals surface area contributed by atoms with Gasteiger partial charge in [0, 0.05) is 11.9 Å². The van der Waals surface area contributed by atoms with E-state index in [9.17, 15) is 0 Å². The maximum absolute atomic E-state index is 5.98. The van der Waals surface area contributed by atoms with E-state index in [1.807, 2.05) is 0 Å². The third-order valence-corrected chi connectivity index (χ3v) is 2.98. The molecular formula is C12H26ClN. The van der Waals surface area contributed by atoms with Crippen LogP contribution in [0.5, 0.6) is 0 Å². The lowest BCUT2D eigenvalue weighted by molar-refractivity contribution is 0.565. The minimum atomic E-state index is 0.315. The van der Waals surface area contributed by atoms with E-state index in [0.29, 0.717) is 5.38 Å². The van der Waals surface area contributed by atoms with Crippen molar-refractivity contribution in [3.8, 4) is 0 Å². The van der Waals surface area contributed by atoms with Gasteiger partial charge in [-0.05, 0) is 19.4 Å². The fourth-order valence-electron chi connectivity index (χ4n) is 1.43. The maximum Gasteiger partial charge on any atom is 0.0458 e. The van der Waals surface area contributed by atoms with Crippen molar-refractivity contribution >= 4 is 11.6 Å². The summed E-state index contributed by atoms with van der Waals surface area (Å²) < 4.78 is 0. The summed E-state index contributed by atoms with van der Waals surface area (Å²) in [6.45, 7) is 6.49. The molecule has 86 valence electrons. The zero-order valence-corrected chi connectivity index (χ0v) is 10.6. The predicted molar refractivity (Wildman–Crippen MR) is 66.2 cm³/mol. The van der Waals surface area contributed by atoms with Gasteiger partial charge in [-0.2, -0.15) is 0 Å². The second kappa shape index (κ2) is 11.3. The van der Waals surface area contributed by atoms with Gasteiger partial charge in [-0.25, -0.2) is 0 Å². The Kier molecular flexibility index (Phi) is 11.5. The van der Waals surface area contributed by atoms with Crippen LogP contribution in [-0.2, 0) is 0 Å². The van der Waals surface area contributed by atoms with Crippen molar-refractivity contribution in [1.82, 2.24) is 5.32 Å². The second-order valence-corrected chi connectivity index (χ2v) is 4.59. The van der Waals surface area contributed by atoms with Gasteiger partial charge in [0.15, 0.2) is 0 Å². The van der Waals surface area contributed by atoms with Crippen LogP contribution in [0.1, 0.15) is 58.8 Å². The highest BCUT2D eigenvalue weighted by molar-refractivity contribution is 6.20. The van der Waals surface area contributed by atoms with Crippen LogP contribution < -0.4 is 5.32 Å². The smallest absolute Gasteiger partial charge is 0.0458 e. The topological polar surface area (TPSA) is 12.0 Å². The van der Waals surface area contributed by atoms with Gasteiger partial charge in [0.05, 0.1) is 0 Å². The number of hydrogen-bond donors (Lipinski definition) is 1. The first kappa shape index (κ1) is 14.2. The molecular weight excluding hydrogens is 194 g/mol. The molecule has 14 heavy (non-hydrogen) atoms. The number of hydrogen-bond acceptors (Lipinski definition) is 1. The zero-order valence-electron chi connectivity index (χ0n) is 9.82. The Morgan fingerprint density at radius 3 is 2.29 bits per heavy atom. The number of halogens is 1. The van der Waals surface area contributed by atoms with Crippen LogP contribution in [-0.4, -0.2) is 18.5 Å². The molecule has 0 saturated heterocycles. The van der Waals surface area contributed by atoms with Crippen LogP contribution in [0.3, 0.4) is 0 Å². The Labute approximate surface area is 94.6 Å². The summed E-state index contributed by atoms with van der Waals surface area (Å²) in [6.07, 6.45) is 9.26. The first-order chi connectivity index (χ1) is 6.81. The first-order valence-corrected chi connectivity index (χ1v) is 6.59. The van der Waals surface area contributed by atoms with E-state index in [0.717, 1.165) is 19.5 Å². The Balaban J connectivity index is 2.92. The molecule has 0 aromatic carbocycles. The zero-order chi connectivity index (χ0) is 10.6. The van der Waals surface area contributed by atoms with Crippen LogP contribution >= 0.6 is 11.6 Å². The summed E-state index contributed by atoms with van der Waals surface area (Å²) in [6, 6.07) is 0. The first-order valence-electron chi connectivity index (χ1n) is 6.16. The molecule has 0 amide bonds. The van der Waals surface area contributed by atoms with Gasteiger partial charge in [0.25, 0.3) is 0 Å². The second-order valence-electron chi connectivity index (χ2n) is 3.98. The van der Waals surface area contributed by atoms with E-state index >= 15 is 0 Å². The SMILES string of the molecule is CCCCCCCCNCC(Cl)CC. The summed E-state index contributed by atoms with van der Waals surface area (Å²) in [4.78, 5) is 0. The van der Waals surface area contributed by atoms with Gasteiger partial charge in [-0.3, -0.25) is 0 Å². The van der Waals surface area contributed by atoms with E-state index in [1.165, 1.54) is 38.5 Å². The normalized spacial score (nSPS) is 13.1. The summed E-state index contributed by atoms with van der Waals surface area (Å²) in [5.41, 5.74) is 0. The quantitative estimate of drug-likeness (QED) is 0.433. The maximum atomic E-state index is 5.98. The van der Waals surface area contributed by atoms with Gasteiger partial charge in [-0.15, -0.1) is 11.6 Å². The highest BCUT2D eigenvalue weighted by Crippen LogP contribution is 2.04. The van der Waals surface area contributed by atoms with Gasteiger partial charge in [0.2, 0.25) is 0 Å². The predicted octanol–water partition coefficient (Wildman–Crippen LogP) is 3.95. The Bertz CT molecular complexity index is 106. The van der Waals surface area contributed by atoms with Crippen molar-refractivity contribution in [3.63, 3.8) is 0 Å². The lowest BCUT2D eigenvalue weighted by atomic mass is 10.1. The van der Waals surface area contributed by atoms with Crippen LogP contribution in [0.15, 0.2) is 0 Å². The largest absolute Gasteiger partial charge is 0.315 e. The van der Waals surface area contributed by atoms with Gasteiger partial charge in [0.1, 0.15) is 0 Å². The minimum absolute atomic E-state index is 0.315. The fraction of sp³-hybridized carbons (Fsp3) is 1.00. The van der Waals surface area contributed by atoms with E-state index in [4.69, 9.17) is 11.6 Å². The molecule has 0 radical (unpaired) electrons. The molecule has 0 bridgehead atoms. The highest BCUT2D eigenvalue weighted by atomic mass is 35.5. The summed E-state index contributed by atoms with van der Waals surface area (Å²) in [5.74, 6) is 0. The molecule has 0 spiro atoms. The lowest BCUT2D eigenvalue weighted by Gasteiger charge is -2.07. The summed E-state index contributed by atoms with van der Waals surface area (Å²) in [5, 5.41) is 3.71. The molecule has 0 aliphatic heterocycles. The Morgan fingerprint density at radius 1 is 1.00 bits per heavy atom. The molecule has 0 fully saturated rings. The average Bonchev–Trinajstić information content (AvgIpc) is 2.21. The minimum Gasteiger partial charge on any atom is -0.315 e. The third kappa shape index (κ3) is 10.3. The summed E-state index contributed by atoms with van der Waals surface area (Å²) in [7, 11) is 0. The van der Waals surface area contributed by atoms with Crippen LogP contribution in [0.25, 0.3) is 0 Å². The molecule has 0 aromatic heterocycles. The van der Waals surface area contributed by atoms with E-state index < -0.39 is 0 Å². The molecule has 1 N–H and O–H groups in total. The van der Waals surface area contributed by atoms with Crippen LogP contribution in [0.4, 0.5) is 0 Å². The van der Waals surface area contributed by atoms with Crippen molar-refractivity contribution in [2.45, 2.75) is 64.2 Å². The van der Waals surface area contributed by atoms with E-state index in [1.54, 1.807) is 0 Å². The summed E-state index contributed by atoms with van der Waals surface area (Å²) >= 11 is 5.98. The fourth-order valence-corrected chi connectivity index (χ4v) is 1.54. The molecule has 1 unspecified atom stereocenters. The molecule has 0 heterocycles. The van der Waals surface area contributed by atoms with E-state index in [2.05, 4.69) is 19.2 Å².